The normalized spacial score (nSPS) is 14.2. The molecule has 0 amide bonds. The molecule has 0 spiro atoms. The molecule has 3 rings (SSSR count). The number of para-hydroxylation sites is 1. The number of carbonyl (C=O) groups excluding carboxylic acids is 2. The number of Topliss-reactive ketones (excluding diaryl/α,β-unsaturated/α-hetero) is 1. The third-order valence-corrected chi connectivity index (χ3v) is 5.14. The molecule has 1 N–H and O–H groups in total. The fraction of sp³-hybridized carbons (Fsp3) is 0.167. The topological polar surface area (TPSA) is 125 Å². The Bertz CT molecular complexity index is 1140. The molecule has 1 aliphatic rings. The van der Waals surface area contributed by atoms with Crippen LogP contribution in [-0.4, -0.2) is 35.0 Å². The summed E-state index contributed by atoms with van der Waals surface area (Å²) in [5, 5.41) is 9.89. The first-order chi connectivity index (χ1) is 13.4. The highest BCUT2D eigenvalue weighted by Gasteiger charge is 2.28. The number of ether oxygens (including phenoxy) is 1. The molecule has 0 atom stereocenters. The number of anilines is 1. The van der Waals surface area contributed by atoms with Gasteiger partial charge in [0.2, 0.25) is 5.78 Å². The monoisotopic (exact) mass is 398 g/mol. The first-order valence-electron chi connectivity index (χ1n) is 8.04. The first kappa shape index (κ1) is 19.2. The van der Waals surface area contributed by atoms with E-state index in [-0.39, 0.29) is 5.57 Å². The highest BCUT2D eigenvalue weighted by atomic mass is 32.2. The maximum absolute atomic E-state index is 12.4. The van der Waals surface area contributed by atoms with Crippen molar-refractivity contribution in [3.05, 3.63) is 68.0 Å². The predicted octanol–water partition coefficient (Wildman–Crippen LogP) is 0.626. The summed E-state index contributed by atoms with van der Waals surface area (Å²) >= 11 is 1.29. The number of hydrogen-bond donors (Lipinski definition) is 1. The summed E-state index contributed by atoms with van der Waals surface area (Å²) in [5.41, 5.74) is -0.596. The number of H-pyrrole nitrogens is 1. The van der Waals surface area contributed by atoms with E-state index in [1.165, 1.54) is 11.8 Å². The first-order valence-corrected chi connectivity index (χ1v) is 8.86. The van der Waals surface area contributed by atoms with Gasteiger partial charge in [0.1, 0.15) is 23.2 Å². The number of nitrogens with zero attached hydrogens (tertiary/aromatic N) is 3. The van der Waals surface area contributed by atoms with E-state index < -0.39 is 36.2 Å². The highest BCUT2D eigenvalue weighted by Crippen LogP contribution is 2.45. The van der Waals surface area contributed by atoms with Gasteiger partial charge in [0.05, 0.1) is 5.69 Å². The van der Waals surface area contributed by atoms with Crippen molar-refractivity contribution in [2.24, 2.45) is 0 Å². The second-order valence-electron chi connectivity index (χ2n) is 5.74. The molecule has 9 nitrogen and oxygen atoms in total. The van der Waals surface area contributed by atoms with E-state index >= 15 is 0 Å². The summed E-state index contributed by atoms with van der Waals surface area (Å²) in [6.45, 7) is -1.10. The van der Waals surface area contributed by atoms with Gasteiger partial charge in [-0.05, 0) is 12.1 Å². The van der Waals surface area contributed by atoms with Gasteiger partial charge in [-0.2, -0.15) is 5.26 Å². The number of nitriles is 1. The summed E-state index contributed by atoms with van der Waals surface area (Å²) in [4.78, 5) is 51.5. The Hall–Kier alpha value is -3.58. The van der Waals surface area contributed by atoms with Crippen molar-refractivity contribution in [3.8, 4) is 6.07 Å². The zero-order chi connectivity index (χ0) is 20.3. The average molecular weight is 398 g/mol. The Balaban J connectivity index is 1.68. The SMILES string of the molecule is CN1/C(=C(\C#N)C(=O)COC(=O)Cn2ccc(=O)[nH]c2=O)Sc2ccccc21. The Morgan fingerprint density at radius 2 is 2.00 bits per heavy atom. The van der Waals surface area contributed by atoms with E-state index in [9.17, 15) is 24.4 Å². The van der Waals surface area contributed by atoms with Crippen LogP contribution in [0.3, 0.4) is 0 Å². The zero-order valence-corrected chi connectivity index (χ0v) is 15.5. The second-order valence-corrected chi connectivity index (χ2v) is 6.77. The van der Waals surface area contributed by atoms with Crippen LogP contribution in [0.25, 0.3) is 0 Å². The van der Waals surface area contributed by atoms with Gasteiger partial charge in [-0.1, -0.05) is 23.9 Å². The number of aromatic amines is 1. The number of benzene rings is 1. The van der Waals surface area contributed by atoms with E-state index in [4.69, 9.17) is 4.74 Å². The molecule has 2 aromatic rings. The van der Waals surface area contributed by atoms with Gasteiger partial charge in [-0.15, -0.1) is 0 Å². The van der Waals surface area contributed by atoms with Crippen LogP contribution in [0.15, 0.2) is 61.6 Å². The number of rotatable bonds is 5. The van der Waals surface area contributed by atoms with Gasteiger partial charge in [0.15, 0.2) is 6.61 Å². The van der Waals surface area contributed by atoms with Crippen molar-refractivity contribution in [3.63, 3.8) is 0 Å². The van der Waals surface area contributed by atoms with E-state index in [1.54, 1.807) is 11.9 Å². The highest BCUT2D eigenvalue weighted by molar-refractivity contribution is 8.03. The lowest BCUT2D eigenvalue weighted by Crippen LogP contribution is -2.32. The smallest absolute Gasteiger partial charge is 0.328 e. The molecule has 0 aliphatic carbocycles. The molecule has 0 saturated carbocycles. The minimum Gasteiger partial charge on any atom is -0.456 e. The minimum absolute atomic E-state index is 0.113. The fourth-order valence-electron chi connectivity index (χ4n) is 2.52. The molecule has 2 heterocycles. The largest absolute Gasteiger partial charge is 0.456 e. The molecule has 1 aromatic heterocycles. The molecular weight excluding hydrogens is 384 g/mol. The van der Waals surface area contributed by atoms with Crippen molar-refractivity contribution < 1.29 is 14.3 Å². The van der Waals surface area contributed by atoms with Crippen LogP contribution in [0.4, 0.5) is 5.69 Å². The predicted molar refractivity (Wildman–Crippen MR) is 101 cm³/mol. The van der Waals surface area contributed by atoms with Crippen molar-refractivity contribution in [2.75, 3.05) is 18.6 Å². The Morgan fingerprint density at radius 3 is 2.68 bits per heavy atom. The van der Waals surface area contributed by atoms with Crippen LogP contribution in [-0.2, 0) is 20.9 Å². The van der Waals surface area contributed by atoms with Gasteiger partial charge in [0, 0.05) is 24.2 Å². The van der Waals surface area contributed by atoms with Crippen molar-refractivity contribution in [1.29, 1.82) is 5.26 Å². The summed E-state index contributed by atoms with van der Waals surface area (Å²) in [6, 6.07) is 10.4. The molecule has 0 bridgehead atoms. The number of fused-ring (bicyclic) bond motifs is 1. The molecule has 1 aliphatic heterocycles. The zero-order valence-electron chi connectivity index (χ0n) is 14.7. The molecule has 0 unspecified atom stereocenters. The molecule has 0 saturated heterocycles. The Kier molecular flexibility index (Phi) is 5.47. The molecular formula is C18H14N4O5S. The quantitative estimate of drug-likeness (QED) is 0.442. The van der Waals surface area contributed by atoms with E-state index in [0.29, 0.717) is 5.03 Å². The van der Waals surface area contributed by atoms with Crippen molar-refractivity contribution >= 4 is 29.2 Å². The maximum atomic E-state index is 12.4. The van der Waals surface area contributed by atoms with E-state index in [2.05, 4.69) is 0 Å². The van der Waals surface area contributed by atoms with E-state index in [0.717, 1.165) is 27.4 Å². The van der Waals surface area contributed by atoms with Crippen LogP contribution in [0.2, 0.25) is 0 Å². The number of ketones is 1. The molecule has 28 heavy (non-hydrogen) atoms. The van der Waals surface area contributed by atoms with Gasteiger partial charge in [-0.3, -0.25) is 23.9 Å². The number of hydrogen-bond acceptors (Lipinski definition) is 8. The molecule has 142 valence electrons. The lowest BCUT2D eigenvalue weighted by molar-refractivity contribution is -0.147. The average Bonchev–Trinajstić information content (AvgIpc) is 3.00. The summed E-state index contributed by atoms with van der Waals surface area (Å²) in [5.74, 6) is -1.49. The van der Waals surface area contributed by atoms with Crippen molar-refractivity contribution in [1.82, 2.24) is 9.55 Å². The number of thioether (sulfide) groups is 1. The summed E-state index contributed by atoms with van der Waals surface area (Å²) in [7, 11) is 1.74. The Labute approximate surface area is 162 Å². The third kappa shape index (κ3) is 3.89. The maximum Gasteiger partial charge on any atom is 0.328 e. The van der Waals surface area contributed by atoms with Crippen LogP contribution in [0, 0.1) is 11.3 Å². The van der Waals surface area contributed by atoms with Gasteiger partial charge >= 0.3 is 11.7 Å². The van der Waals surface area contributed by atoms with Gasteiger partial charge in [0.25, 0.3) is 5.56 Å². The lowest BCUT2D eigenvalue weighted by atomic mass is 10.2. The third-order valence-electron chi connectivity index (χ3n) is 3.90. The summed E-state index contributed by atoms with van der Waals surface area (Å²) < 4.78 is 5.83. The van der Waals surface area contributed by atoms with Crippen LogP contribution in [0.1, 0.15) is 0 Å². The number of esters is 1. The lowest BCUT2D eigenvalue weighted by Gasteiger charge is -2.14. The van der Waals surface area contributed by atoms with E-state index in [1.807, 2.05) is 35.3 Å². The fourth-order valence-corrected chi connectivity index (χ4v) is 3.68. The van der Waals surface area contributed by atoms with Gasteiger partial charge < -0.3 is 9.64 Å². The number of nitrogens with one attached hydrogen (secondary N) is 1. The van der Waals surface area contributed by atoms with Crippen LogP contribution >= 0.6 is 11.8 Å². The van der Waals surface area contributed by atoms with Crippen LogP contribution in [0.5, 0.6) is 0 Å². The van der Waals surface area contributed by atoms with Crippen molar-refractivity contribution in [2.45, 2.75) is 11.4 Å². The molecule has 10 heteroatoms. The number of carbonyl (C=O) groups is 2. The molecule has 0 fully saturated rings. The Morgan fingerprint density at radius 1 is 1.25 bits per heavy atom. The number of aromatic nitrogens is 2. The minimum atomic E-state index is -0.847. The van der Waals surface area contributed by atoms with Gasteiger partial charge in [-0.25, -0.2) is 4.79 Å². The molecule has 0 radical (unpaired) electrons. The summed E-state index contributed by atoms with van der Waals surface area (Å²) in [6.07, 6.45) is 1.15. The second kappa shape index (κ2) is 7.98. The van der Waals surface area contributed by atoms with Crippen LogP contribution < -0.4 is 16.1 Å². The molecule has 1 aromatic carbocycles. The standard InChI is InChI=1S/C18H14N4O5S/c1-21-12-4-2-3-5-14(12)28-17(21)11(8-19)13(23)10-27-16(25)9-22-7-6-15(24)20-18(22)26/h2-7H,9-10H2,1H3,(H,20,24,26)/b17-11-.